The van der Waals surface area contributed by atoms with Crippen LogP contribution in [0.15, 0.2) is 18.2 Å². The van der Waals surface area contributed by atoms with Gasteiger partial charge in [0.05, 0.1) is 17.8 Å². The van der Waals surface area contributed by atoms with E-state index in [4.69, 9.17) is 16.3 Å². The van der Waals surface area contributed by atoms with Gasteiger partial charge in [-0.25, -0.2) is 0 Å². The van der Waals surface area contributed by atoms with Crippen LogP contribution in [-0.4, -0.2) is 36.1 Å². The molecule has 2 fully saturated rings. The molecule has 2 saturated heterocycles. The second kappa shape index (κ2) is 5.18. The predicted molar refractivity (Wildman–Crippen MR) is 70.3 cm³/mol. The Bertz CT molecular complexity index is 564. The smallest absolute Gasteiger partial charge is 0.371 e. The summed E-state index contributed by atoms with van der Waals surface area (Å²) in [4.78, 5) is 13.9. The Morgan fingerprint density at radius 3 is 2.38 bits per heavy atom. The van der Waals surface area contributed by atoms with Crippen LogP contribution in [0.25, 0.3) is 0 Å². The first kappa shape index (κ1) is 14.7. The Kier molecular flexibility index (Phi) is 3.61. The zero-order valence-electron chi connectivity index (χ0n) is 11.0. The molecule has 3 nitrogen and oxygen atoms in total. The molecule has 0 saturated carbocycles. The summed E-state index contributed by atoms with van der Waals surface area (Å²) >= 11 is 5.71. The molecule has 21 heavy (non-hydrogen) atoms. The van der Waals surface area contributed by atoms with Crippen molar-refractivity contribution in [3.63, 3.8) is 0 Å². The van der Waals surface area contributed by atoms with Crippen molar-refractivity contribution in [3.8, 4) is 0 Å². The summed E-state index contributed by atoms with van der Waals surface area (Å²) < 4.78 is 44.0. The third-order valence-corrected chi connectivity index (χ3v) is 4.02. The van der Waals surface area contributed by atoms with E-state index in [-0.39, 0.29) is 22.8 Å². The Hall–Kier alpha value is -1.27. The summed E-state index contributed by atoms with van der Waals surface area (Å²) in [6, 6.07) is 2.95. The molecule has 2 atom stereocenters. The summed E-state index contributed by atoms with van der Waals surface area (Å²) in [5.74, 6) is -0.428. The van der Waals surface area contributed by atoms with Crippen LogP contribution >= 0.6 is 11.6 Å². The fraction of sp³-hybridized carbons (Fsp3) is 0.500. The lowest BCUT2D eigenvalue weighted by Gasteiger charge is -2.32. The minimum absolute atomic E-state index is 0.00558. The van der Waals surface area contributed by atoms with Crippen LogP contribution in [0.5, 0.6) is 0 Å². The largest absolute Gasteiger partial charge is 0.416 e. The number of hydrogen-bond acceptors (Lipinski definition) is 2. The number of alkyl halides is 3. The van der Waals surface area contributed by atoms with Crippen molar-refractivity contribution in [3.05, 3.63) is 34.3 Å². The maximum atomic E-state index is 12.8. The molecule has 3 rings (SSSR count). The SMILES string of the molecule is O=C(c1cc(Cl)cc(C(F)(F)F)c1)N1CC2CCC(C1)O2. The van der Waals surface area contributed by atoms with Crippen molar-refractivity contribution < 1.29 is 22.7 Å². The number of amides is 1. The molecule has 1 aromatic carbocycles. The summed E-state index contributed by atoms with van der Waals surface area (Å²) in [5, 5.41) is -0.0931. The third kappa shape index (κ3) is 3.01. The summed E-state index contributed by atoms with van der Waals surface area (Å²) in [5.41, 5.74) is -0.939. The highest BCUT2D eigenvalue weighted by molar-refractivity contribution is 6.31. The van der Waals surface area contributed by atoms with E-state index < -0.39 is 17.6 Å². The Morgan fingerprint density at radius 1 is 1.19 bits per heavy atom. The number of carbonyl (C=O) groups is 1. The molecule has 2 aliphatic heterocycles. The number of rotatable bonds is 1. The molecule has 114 valence electrons. The van der Waals surface area contributed by atoms with E-state index in [1.54, 1.807) is 4.90 Å². The van der Waals surface area contributed by atoms with Crippen molar-refractivity contribution in [1.82, 2.24) is 4.90 Å². The molecular weight excluding hydrogens is 307 g/mol. The van der Waals surface area contributed by atoms with Crippen LogP contribution in [0, 0.1) is 0 Å². The first-order valence-electron chi connectivity index (χ1n) is 6.65. The summed E-state index contributed by atoms with van der Waals surface area (Å²) in [6.07, 6.45) is -2.76. The van der Waals surface area contributed by atoms with Gasteiger partial charge < -0.3 is 9.64 Å². The van der Waals surface area contributed by atoms with Gasteiger partial charge in [-0.1, -0.05) is 11.6 Å². The van der Waals surface area contributed by atoms with Gasteiger partial charge in [0.15, 0.2) is 0 Å². The molecule has 2 unspecified atom stereocenters. The predicted octanol–water partition coefficient (Wildman–Crippen LogP) is 3.36. The zero-order valence-corrected chi connectivity index (χ0v) is 11.7. The Balaban J connectivity index is 1.86. The lowest BCUT2D eigenvalue weighted by atomic mass is 10.1. The fourth-order valence-corrected chi connectivity index (χ4v) is 3.08. The molecule has 2 aliphatic rings. The van der Waals surface area contributed by atoms with Gasteiger partial charge in [0.1, 0.15) is 0 Å². The molecule has 0 aromatic heterocycles. The minimum atomic E-state index is -4.52. The van der Waals surface area contributed by atoms with Gasteiger partial charge in [0.2, 0.25) is 0 Å². The first-order valence-corrected chi connectivity index (χ1v) is 7.03. The highest BCUT2D eigenvalue weighted by Gasteiger charge is 2.37. The van der Waals surface area contributed by atoms with Gasteiger partial charge in [0.25, 0.3) is 5.91 Å². The van der Waals surface area contributed by atoms with Gasteiger partial charge in [-0.2, -0.15) is 13.2 Å². The van der Waals surface area contributed by atoms with E-state index in [1.165, 1.54) is 6.07 Å². The fourth-order valence-electron chi connectivity index (χ4n) is 2.84. The van der Waals surface area contributed by atoms with Crippen molar-refractivity contribution in [2.75, 3.05) is 13.1 Å². The van der Waals surface area contributed by atoms with Crippen molar-refractivity contribution in [2.24, 2.45) is 0 Å². The van der Waals surface area contributed by atoms with Gasteiger partial charge in [0, 0.05) is 23.7 Å². The molecule has 0 N–H and O–H groups in total. The summed E-state index contributed by atoms with van der Waals surface area (Å²) in [6.45, 7) is 0.840. The van der Waals surface area contributed by atoms with Crippen molar-refractivity contribution in [1.29, 1.82) is 0 Å². The Morgan fingerprint density at radius 2 is 1.81 bits per heavy atom. The zero-order chi connectivity index (χ0) is 15.2. The van der Waals surface area contributed by atoms with Gasteiger partial charge in [-0.15, -0.1) is 0 Å². The van der Waals surface area contributed by atoms with Gasteiger partial charge in [-0.3, -0.25) is 4.79 Å². The topological polar surface area (TPSA) is 29.5 Å². The average molecular weight is 320 g/mol. The van der Waals surface area contributed by atoms with Crippen LogP contribution in [0.1, 0.15) is 28.8 Å². The number of ether oxygens (including phenoxy) is 1. The normalized spacial score (nSPS) is 25.2. The van der Waals surface area contributed by atoms with Crippen molar-refractivity contribution in [2.45, 2.75) is 31.2 Å². The van der Waals surface area contributed by atoms with E-state index in [9.17, 15) is 18.0 Å². The first-order chi connectivity index (χ1) is 9.83. The van der Waals surface area contributed by atoms with Gasteiger partial charge in [-0.05, 0) is 31.0 Å². The van der Waals surface area contributed by atoms with E-state index in [0.717, 1.165) is 25.0 Å². The van der Waals surface area contributed by atoms with E-state index >= 15 is 0 Å². The number of likely N-dealkylation sites (tertiary alicyclic amines) is 1. The molecule has 1 aromatic rings. The number of halogens is 4. The number of nitrogens with zero attached hydrogens (tertiary/aromatic N) is 1. The van der Waals surface area contributed by atoms with E-state index in [1.807, 2.05) is 0 Å². The number of hydrogen-bond donors (Lipinski definition) is 0. The quantitative estimate of drug-likeness (QED) is 0.794. The lowest BCUT2D eigenvalue weighted by molar-refractivity contribution is -0.137. The maximum absolute atomic E-state index is 12.8. The molecule has 1 amide bonds. The van der Waals surface area contributed by atoms with E-state index in [2.05, 4.69) is 0 Å². The molecule has 0 aliphatic carbocycles. The van der Waals surface area contributed by atoms with Crippen LogP contribution in [0.2, 0.25) is 5.02 Å². The molecule has 0 radical (unpaired) electrons. The number of morpholine rings is 1. The highest BCUT2D eigenvalue weighted by Crippen LogP contribution is 2.33. The molecule has 0 spiro atoms. The monoisotopic (exact) mass is 319 g/mol. The second-order valence-corrected chi connectivity index (χ2v) is 5.83. The van der Waals surface area contributed by atoms with Crippen LogP contribution in [0.4, 0.5) is 13.2 Å². The lowest BCUT2D eigenvalue weighted by Crippen LogP contribution is -2.45. The average Bonchev–Trinajstić information content (AvgIpc) is 2.75. The number of fused-ring (bicyclic) bond motifs is 2. The van der Waals surface area contributed by atoms with Crippen LogP contribution in [-0.2, 0) is 10.9 Å². The Labute approximate surface area is 124 Å². The third-order valence-electron chi connectivity index (χ3n) is 3.80. The van der Waals surface area contributed by atoms with Crippen LogP contribution < -0.4 is 0 Å². The molecule has 2 bridgehead atoms. The van der Waals surface area contributed by atoms with Gasteiger partial charge >= 0.3 is 6.18 Å². The van der Waals surface area contributed by atoms with Crippen molar-refractivity contribution >= 4 is 17.5 Å². The summed E-state index contributed by atoms with van der Waals surface area (Å²) in [7, 11) is 0. The molecule has 2 heterocycles. The number of carbonyl (C=O) groups excluding carboxylic acids is 1. The van der Waals surface area contributed by atoms with Crippen LogP contribution in [0.3, 0.4) is 0 Å². The maximum Gasteiger partial charge on any atom is 0.416 e. The highest BCUT2D eigenvalue weighted by atomic mass is 35.5. The molecule has 7 heteroatoms. The molecular formula is C14H13ClF3NO2. The van der Waals surface area contributed by atoms with E-state index in [0.29, 0.717) is 13.1 Å². The minimum Gasteiger partial charge on any atom is -0.371 e. The standard InChI is InChI=1S/C14H13ClF3NO2/c15-10-4-8(3-9(5-10)14(16,17)18)13(20)19-6-11-1-2-12(7-19)21-11/h3-5,11-12H,1-2,6-7H2. The number of benzene rings is 1. The second-order valence-electron chi connectivity index (χ2n) is 5.39.